The number of hydrogen-bond acceptors (Lipinski definition) is 5. The van der Waals surface area contributed by atoms with Gasteiger partial charge in [0.2, 0.25) is 5.91 Å². The maximum Gasteiger partial charge on any atom is 0.419 e. The SMILES string of the molecule is O=C(CCCn1c(=O)oc2ccccc21)NCc1cc(Cl)c2c(c1)OCCCO2. The van der Waals surface area contributed by atoms with Gasteiger partial charge in [-0.3, -0.25) is 9.36 Å². The van der Waals surface area contributed by atoms with Crippen molar-refractivity contribution < 1.29 is 18.7 Å². The molecule has 0 atom stereocenters. The first-order valence-electron chi connectivity index (χ1n) is 9.55. The second kappa shape index (κ2) is 8.61. The third kappa shape index (κ3) is 4.40. The molecule has 0 bridgehead atoms. The molecule has 0 spiro atoms. The fourth-order valence-electron chi connectivity index (χ4n) is 3.30. The Balaban J connectivity index is 1.31. The number of carbonyl (C=O) groups is 1. The molecule has 1 aliphatic heterocycles. The number of fused-ring (bicyclic) bond motifs is 2. The molecule has 152 valence electrons. The number of hydrogen-bond donors (Lipinski definition) is 1. The molecule has 3 aromatic rings. The summed E-state index contributed by atoms with van der Waals surface area (Å²) in [6, 6.07) is 10.8. The summed E-state index contributed by atoms with van der Waals surface area (Å²) in [6.45, 7) is 1.89. The number of ether oxygens (including phenoxy) is 2. The van der Waals surface area contributed by atoms with Crippen LogP contribution in [0.15, 0.2) is 45.6 Å². The van der Waals surface area contributed by atoms with Crippen LogP contribution in [0.1, 0.15) is 24.8 Å². The molecule has 8 heteroatoms. The Morgan fingerprint density at radius 1 is 1.17 bits per heavy atom. The van der Waals surface area contributed by atoms with E-state index in [9.17, 15) is 9.59 Å². The third-order valence-electron chi connectivity index (χ3n) is 4.71. The summed E-state index contributed by atoms with van der Waals surface area (Å²) >= 11 is 6.28. The number of para-hydroxylation sites is 2. The molecule has 0 aliphatic carbocycles. The van der Waals surface area contributed by atoms with Gasteiger partial charge in [-0.1, -0.05) is 23.7 Å². The van der Waals surface area contributed by atoms with Gasteiger partial charge < -0.3 is 19.2 Å². The van der Waals surface area contributed by atoms with Crippen molar-refractivity contribution in [1.82, 2.24) is 9.88 Å². The highest BCUT2D eigenvalue weighted by molar-refractivity contribution is 6.32. The van der Waals surface area contributed by atoms with Crippen LogP contribution in [0.25, 0.3) is 11.1 Å². The van der Waals surface area contributed by atoms with Crippen LogP contribution < -0.4 is 20.5 Å². The molecule has 0 saturated heterocycles. The molecule has 1 aliphatic rings. The van der Waals surface area contributed by atoms with E-state index in [-0.39, 0.29) is 5.91 Å². The van der Waals surface area contributed by atoms with Gasteiger partial charge in [0.05, 0.1) is 23.8 Å². The zero-order valence-electron chi connectivity index (χ0n) is 15.8. The first-order chi connectivity index (χ1) is 14.1. The summed E-state index contributed by atoms with van der Waals surface area (Å²) in [6.07, 6.45) is 1.62. The third-order valence-corrected chi connectivity index (χ3v) is 4.99. The Hall–Kier alpha value is -2.93. The van der Waals surface area contributed by atoms with E-state index in [1.54, 1.807) is 16.7 Å². The minimum atomic E-state index is -0.409. The first kappa shape index (κ1) is 19.4. The van der Waals surface area contributed by atoms with Gasteiger partial charge in [-0.15, -0.1) is 0 Å². The summed E-state index contributed by atoms with van der Waals surface area (Å²) in [7, 11) is 0. The number of benzene rings is 2. The number of rotatable bonds is 6. The van der Waals surface area contributed by atoms with Crippen molar-refractivity contribution in [2.75, 3.05) is 13.2 Å². The molecule has 1 N–H and O–H groups in total. The van der Waals surface area contributed by atoms with E-state index in [0.29, 0.717) is 61.2 Å². The van der Waals surface area contributed by atoms with E-state index in [0.717, 1.165) is 17.5 Å². The van der Waals surface area contributed by atoms with Gasteiger partial charge in [-0.25, -0.2) is 4.79 Å². The van der Waals surface area contributed by atoms with Gasteiger partial charge in [-0.2, -0.15) is 0 Å². The van der Waals surface area contributed by atoms with Crippen molar-refractivity contribution >= 4 is 28.6 Å². The van der Waals surface area contributed by atoms with Gasteiger partial charge in [0.15, 0.2) is 17.1 Å². The number of amides is 1. The van der Waals surface area contributed by atoms with Crippen LogP contribution >= 0.6 is 11.6 Å². The molecule has 1 amide bonds. The monoisotopic (exact) mass is 416 g/mol. The van der Waals surface area contributed by atoms with E-state index in [1.165, 1.54) is 0 Å². The molecule has 1 aromatic heterocycles. The van der Waals surface area contributed by atoms with Crippen LogP contribution in [-0.4, -0.2) is 23.7 Å². The number of aryl methyl sites for hydroxylation is 1. The van der Waals surface area contributed by atoms with Crippen molar-refractivity contribution in [1.29, 1.82) is 0 Å². The Labute approximate surface area is 172 Å². The van der Waals surface area contributed by atoms with Crippen molar-refractivity contribution in [2.24, 2.45) is 0 Å². The van der Waals surface area contributed by atoms with Crippen LogP contribution in [0.2, 0.25) is 5.02 Å². The van der Waals surface area contributed by atoms with E-state index >= 15 is 0 Å². The smallest absolute Gasteiger partial charge is 0.419 e. The highest BCUT2D eigenvalue weighted by atomic mass is 35.5. The maximum absolute atomic E-state index is 12.2. The lowest BCUT2D eigenvalue weighted by Crippen LogP contribution is -2.23. The van der Waals surface area contributed by atoms with Crippen LogP contribution in [0.4, 0.5) is 0 Å². The zero-order valence-corrected chi connectivity index (χ0v) is 16.5. The van der Waals surface area contributed by atoms with Crippen molar-refractivity contribution in [3.63, 3.8) is 0 Å². The topological polar surface area (TPSA) is 82.7 Å². The largest absolute Gasteiger partial charge is 0.489 e. The van der Waals surface area contributed by atoms with Crippen molar-refractivity contribution in [2.45, 2.75) is 32.4 Å². The number of nitrogens with one attached hydrogen (secondary N) is 1. The molecule has 0 unspecified atom stereocenters. The van der Waals surface area contributed by atoms with Crippen LogP contribution in [-0.2, 0) is 17.9 Å². The van der Waals surface area contributed by atoms with Gasteiger partial charge in [0, 0.05) is 25.9 Å². The summed E-state index contributed by atoms with van der Waals surface area (Å²) in [5, 5.41) is 3.35. The molecule has 29 heavy (non-hydrogen) atoms. The zero-order chi connectivity index (χ0) is 20.2. The Bertz CT molecular complexity index is 1090. The lowest BCUT2D eigenvalue weighted by atomic mass is 10.2. The van der Waals surface area contributed by atoms with Crippen LogP contribution in [0.3, 0.4) is 0 Å². The number of carbonyl (C=O) groups excluding carboxylic acids is 1. The van der Waals surface area contributed by atoms with Crippen molar-refractivity contribution in [3.8, 4) is 11.5 Å². The van der Waals surface area contributed by atoms with E-state index < -0.39 is 5.76 Å². The summed E-state index contributed by atoms with van der Waals surface area (Å²) in [5.74, 6) is 0.644. The minimum Gasteiger partial charge on any atom is -0.489 e. The lowest BCUT2D eigenvalue weighted by Gasteiger charge is -2.12. The van der Waals surface area contributed by atoms with E-state index in [2.05, 4.69) is 5.32 Å². The number of nitrogens with zero attached hydrogens (tertiary/aromatic N) is 1. The highest BCUT2D eigenvalue weighted by Crippen LogP contribution is 2.37. The predicted octanol–water partition coefficient (Wildman–Crippen LogP) is 3.51. The fraction of sp³-hybridized carbons (Fsp3) is 0.333. The second-order valence-corrected chi connectivity index (χ2v) is 7.23. The molecule has 4 rings (SSSR count). The predicted molar refractivity (Wildman–Crippen MR) is 109 cm³/mol. The number of halogens is 1. The van der Waals surface area contributed by atoms with Gasteiger partial charge in [0.1, 0.15) is 0 Å². The molecular weight excluding hydrogens is 396 g/mol. The average Bonchev–Trinajstić information content (AvgIpc) is 2.87. The van der Waals surface area contributed by atoms with Gasteiger partial charge >= 0.3 is 5.76 Å². The van der Waals surface area contributed by atoms with Gasteiger partial charge in [0.25, 0.3) is 0 Å². The normalized spacial score (nSPS) is 13.3. The molecule has 0 fully saturated rings. The molecule has 2 heterocycles. The van der Waals surface area contributed by atoms with Crippen LogP contribution in [0.5, 0.6) is 11.5 Å². The van der Waals surface area contributed by atoms with Crippen molar-refractivity contribution in [3.05, 3.63) is 57.5 Å². The summed E-state index contributed by atoms with van der Waals surface area (Å²) < 4.78 is 18.0. The molecule has 2 aromatic carbocycles. The Morgan fingerprint density at radius 3 is 2.90 bits per heavy atom. The minimum absolute atomic E-state index is 0.103. The molecule has 7 nitrogen and oxygen atoms in total. The number of aromatic nitrogens is 1. The first-order valence-corrected chi connectivity index (χ1v) is 9.93. The molecule has 0 saturated carbocycles. The van der Waals surface area contributed by atoms with Gasteiger partial charge in [-0.05, 0) is 36.2 Å². The second-order valence-electron chi connectivity index (χ2n) is 6.82. The molecular formula is C21H21ClN2O5. The standard InChI is InChI=1S/C21H21ClN2O5/c22-15-11-14(12-18-20(15)28-10-4-9-27-18)13-23-19(25)7-3-8-24-16-5-1-2-6-17(16)29-21(24)26/h1-2,5-6,11-12H,3-4,7-10,13H2,(H,23,25). The molecule has 0 radical (unpaired) electrons. The van der Waals surface area contributed by atoms with E-state index in [4.69, 9.17) is 25.5 Å². The fourth-order valence-corrected chi connectivity index (χ4v) is 3.59. The maximum atomic E-state index is 12.2. The lowest BCUT2D eigenvalue weighted by molar-refractivity contribution is -0.121. The summed E-state index contributed by atoms with van der Waals surface area (Å²) in [5.41, 5.74) is 2.12. The number of oxazole rings is 1. The quantitative estimate of drug-likeness (QED) is 0.665. The van der Waals surface area contributed by atoms with E-state index in [1.807, 2.05) is 24.3 Å². The highest BCUT2D eigenvalue weighted by Gasteiger charge is 2.16. The van der Waals surface area contributed by atoms with Crippen LogP contribution in [0, 0.1) is 0 Å². The Morgan fingerprint density at radius 2 is 2.00 bits per heavy atom. The Kier molecular flexibility index (Phi) is 5.76. The summed E-state index contributed by atoms with van der Waals surface area (Å²) in [4.78, 5) is 24.2. The average molecular weight is 417 g/mol.